The Kier molecular flexibility index (Phi) is 9.63. The monoisotopic (exact) mass is 488 g/mol. The molecule has 0 aliphatic carbocycles. The summed E-state index contributed by atoms with van der Waals surface area (Å²) in [6, 6.07) is 22.4. The van der Waals surface area contributed by atoms with E-state index in [0.29, 0.717) is 17.9 Å². The Bertz CT molecular complexity index is 1160. The van der Waals surface area contributed by atoms with Crippen LogP contribution in [0.1, 0.15) is 48.9 Å². The van der Waals surface area contributed by atoms with Gasteiger partial charge in [0.05, 0.1) is 6.04 Å². The van der Waals surface area contributed by atoms with Crippen molar-refractivity contribution in [2.24, 2.45) is 0 Å². The first-order valence-corrected chi connectivity index (χ1v) is 11.9. The molecule has 1 atom stereocenters. The first kappa shape index (κ1) is 26.5. The zero-order valence-electron chi connectivity index (χ0n) is 20.9. The lowest BCUT2D eigenvalue weighted by Crippen LogP contribution is -2.31. The minimum absolute atomic E-state index is 0.0532. The van der Waals surface area contributed by atoms with E-state index in [2.05, 4.69) is 16.7 Å². The quantitative estimate of drug-likeness (QED) is 0.342. The molecule has 7 nitrogen and oxygen atoms in total. The maximum absolute atomic E-state index is 12.2. The van der Waals surface area contributed by atoms with E-state index in [0.717, 1.165) is 22.4 Å². The van der Waals surface area contributed by atoms with Gasteiger partial charge < -0.3 is 20.1 Å². The highest BCUT2D eigenvalue weighted by molar-refractivity contribution is 5.91. The van der Waals surface area contributed by atoms with Gasteiger partial charge in [-0.15, -0.1) is 0 Å². The van der Waals surface area contributed by atoms with E-state index in [1.807, 2.05) is 63.2 Å². The third kappa shape index (κ3) is 8.91. The topological polar surface area (TPSA) is 93.7 Å². The highest BCUT2D eigenvalue weighted by atomic mass is 16.5. The van der Waals surface area contributed by atoms with E-state index in [4.69, 9.17) is 9.47 Å². The molecular formula is C29H32N2O5. The first-order valence-electron chi connectivity index (χ1n) is 11.9. The summed E-state index contributed by atoms with van der Waals surface area (Å²) in [4.78, 5) is 36.1. The first-order chi connectivity index (χ1) is 17.3. The number of rotatable bonds is 11. The SMILES string of the molecule is Cc1cc(C)cc(Oc2ccc(NC(=O)CCCC(=O)OCC(=O)N[C@H](C)c3ccccc3)cc2)c1. The molecule has 36 heavy (non-hydrogen) atoms. The summed E-state index contributed by atoms with van der Waals surface area (Å²) in [6.45, 7) is 5.54. The molecule has 0 saturated carbocycles. The number of esters is 1. The number of hydrogen-bond acceptors (Lipinski definition) is 5. The second-order valence-electron chi connectivity index (χ2n) is 8.71. The van der Waals surface area contributed by atoms with Crippen LogP contribution < -0.4 is 15.4 Å². The minimum atomic E-state index is -0.516. The number of anilines is 1. The lowest BCUT2D eigenvalue weighted by atomic mass is 10.1. The van der Waals surface area contributed by atoms with Crippen molar-refractivity contribution in [1.29, 1.82) is 0 Å². The van der Waals surface area contributed by atoms with Crippen LogP contribution in [0.5, 0.6) is 11.5 Å². The van der Waals surface area contributed by atoms with Gasteiger partial charge in [-0.05, 0) is 80.3 Å². The van der Waals surface area contributed by atoms with Crippen molar-refractivity contribution in [3.63, 3.8) is 0 Å². The molecule has 0 spiro atoms. The van der Waals surface area contributed by atoms with Crippen molar-refractivity contribution < 1.29 is 23.9 Å². The van der Waals surface area contributed by atoms with Gasteiger partial charge in [-0.25, -0.2) is 0 Å². The molecule has 3 aromatic rings. The average molecular weight is 489 g/mol. The van der Waals surface area contributed by atoms with Crippen LogP contribution in [0.15, 0.2) is 72.8 Å². The van der Waals surface area contributed by atoms with Gasteiger partial charge in [-0.3, -0.25) is 14.4 Å². The second-order valence-corrected chi connectivity index (χ2v) is 8.71. The van der Waals surface area contributed by atoms with Crippen LogP contribution in [0.3, 0.4) is 0 Å². The van der Waals surface area contributed by atoms with E-state index in [1.54, 1.807) is 24.3 Å². The smallest absolute Gasteiger partial charge is 0.306 e. The summed E-state index contributed by atoms with van der Waals surface area (Å²) in [5, 5.41) is 5.59. The van der Waals surface area contributed by atoms with Gasteiger partial charge in [0.15, 0.2) is 6.61 Å². The van der Waals surface area contributed by atoms with E-state index in [1.165, 1.54) is 0 Å². The van der Waals surface area contributed by atoms with Crippen molar-refractivity contribution in [1.82, 2.24) is 5.32 Å². The number of nitrogens with one attached hydrogen (secondary N) is 2. The average Bonchev–Trinajstić information content (AvgIpc) is 2.84. The summed E-state index contributed by atoms with van der Waals surface area (Å²) in [5.41, 5.74) is 3.85. The zero-order chi connectivity index (χ0) is 25.9. The maximum Gasteiger partial charge on any atom is 0.306 e. The Morgan fingerprint density at radius 1 is 0.806 bits per heavy atom. The van der Waals surface area contributed by atoms with Crippen molar-refractivity contribution in [2.75, 3.05) is 11.9 Å². The molecule has 188 valence electrons. The summed E-state index contributed by atoms with van der Waals surface area (Å²) >= 11 is 0. The zero-order valence-corrected chi connectivity index (χ0v) is 20.9. The number of amides is 2. The van der Waals surface area contributed by atoms with Gasteiger partial charge in [0.25, 0.3) is 5.91 Å². The number of benzene rings is 3. The van der Waals surface area contributed by atoms with Crippen molar-refractivity contribution in [3.05, 3.63) is 89.5 Å². The Hall–Kier alpha value is -4.13. The summed E-state index contributed by atoms with van der Waals surface area (Å²) < 4.78 is 10.9. The van der Waals surface area contributed by atoms with E-state index in [-0.39, 0.29) is 37.3 Å². The molecule has 0 aliphatic rings. The van der Waals surface area contributed by atoms with Gasteiger partial charge in [0, 0.05) is 18.5 Å². The number of aryl methyl sites for hydroxylation is 2. The molecule has 3 rings (SSSR count). The number of hydrogen-bond donors (Lipinski definition) is 2. The molecule has 0 fully saturated rings. The van der Waals surface area contributed by atoms with E-state index in [9.17, 15) is 14.4 Å². The lowest BCUT2D eigenvalue weighted by Gasteiger charge is -2.14. The Labute approximate surface area is 211 Å². The Morgan fingerprint density at radius 2 is 1.47 bits per heavy atom. The van der Waals surface area contributed by atoms with Crippen LogP contribution in [0, 0.1) is 13.8 Å². The predicted octanol–water partition coefficient (Wildman–Crippen LogP) is 5.63. The van der Waals surface area contributed by atoms with Gasteiger partial charge in [0.1, 0.15) is 11.5 Å². The fourth-order valence-corrected chi connectivity index (χ4v) is 3.68. The van der Waals surface area contributed by atoms with Gasteiger partial charge in [-0.1, -0.05) is 36.4 Å². The minimum Gasteiger partial charge on any atom is -0.457 e. The summed E-state index contributed by atoms with van der Waals surface area (Å²) in [6.07, 6.45) is 0.533. The number of ether oxygens (including phenoxy) is 2. The Balaban J connectivity index is 1.33. The van der Waals surface area contributed by atoms with Crippen molar-refractivity contribution in [3.8, 4) is 11.5 Å². The standard InChI is InChI=1S/C29H32N2O5/c1-20-16-21(2)18-26(17-20)36-25-14-12-24(13-15-25)31-27(32)10-7-11-29(34)35-19-28(33)30-22(3)23-8-5-4-6-9-23/h4-6,8-9,12-18,22H,7,10-11,19H2,1-3H3,(H,30,33)(H,31,32)/t22-/m1/s1. The van der Waals surface area contributed by atoms with E-state index < -0.39 is 5.97 Å². The molecule has 2 amide bonds. The molecule has 3 aromatic carbocycles. The van der Waals surface area contributed by atoms with Crippen LogP contribution >= 0.6 is 0 Å². The van der Waals surface area contributed by atoms with Crippen molar-refractivity contribution in [2.45, 2.75) is 46.1 Å². The fourth-order valence-electron chi connectivity index (χ4n) is 3.68. The van der Waals surface area contributed by atoms with Gasteiger partial charge in [-0.2, -0.15) is 0 Å². The largest absolute Gasteiger partial charge is 0.457 e. The van der Waals surface area contributed by atoms with E-state index >= 15 is 0 Å². The summed E-state index contributed by atoms with van der Waals surface area (Å²) in [5.74, 6) is 0.336. The molecule has 0 heterocycles. The highest BCUT2D eigenvalue weighted by Gasteiger charge is 2.12. The van der Waals surface area contributed by atoms with Gasteiger partial charge in [0.2, 0.25) is 5.91 Å². The molecule has 0 saturated heterocycles. The maximum atomic E-state index is 12.2. The summed E-state index contributed by atoms with van der Waals surface area (Å²) in [7, 11) is 0. The molecule has 2 N–H and O–H groups in total. The van der Waals surface area contributed by atoms with Crippen LogP contribution in [0.2, 0.25) is 0 Å². The fraction of sp³-hybridized carbons (Fsp3) is 0.276. The molecule has 0 unspecified atom stereocenters. The predicted molar refractivity (Wildman–Crippen MR) is 139 cm³/mol. The van der Waals surface area contributed by atoms with Crippen LogP contribution in [-0.2, 0) is 19.1 Å². The van der Waals surface area contributed by atoms with Crippen LogP contribution in [-0.4, -0.2) is 24.4 Å². The molecule has 0 aromatic heterocycles. The molecule has 0 aliphatic heterocycles. The third-order valence-corrected chi connectivity index (χ3v) is 5.40. The molecule has 0 radical (unpaired) electrons. The number of carbonyl (C=O) groups is 3. The third-order valence-electron chi connectivity index (χ3n) is 5.40. The number of carbonyl (C=O) groups excluding carboxylic acids is 3. The van der Waals surface area contributed by atoms with Crippen LogP contribution in [0.25, 0.3) is 0 Å². The molecular weight excluding hydrogens is 456 g/mol. The second kappa shape index (κ2) is 13.1. The van der Waals surface area contributed by atoms with Crippen molar-refractivity contribution >= 4 is 23.5 Å². The normalized spacial score (nSPS) is 11.3. The Morgan fingerprint density at radius 3 is 2.14 bits per heavy atom. The highest BCUT2D eigenvalue weighted by Crippen LogP contribution is 2.25. The van der Waals surface area contributed by atoms with Crippen LogP contribution in [0.4, 0.5) is 5.69 Å². The van der Waals surface area contributed by atoms with Gasteiger partial charge >= 0.3 is 5.97 Å². The lowest BCUT2D eigenvalue weighted by molar-refractivity contribution is -0.148. The molecule has 0 bridgehead atoms. The molecule has 7 heteroatoms.